The van der Waals surface area contributed by atoms with Gasteiger partial charge in [-0.25, -0.2) is 5.43 Å². The lowest BCUT2D eigenvalue weighted by Gasteiger charge is -2.04. The van der Waals surface area contributed by atoms with Crippen molar-refractivity contribution in [3.05, 3.63) is 69.2 Å². The molecule has 8 heteroatoms. The molecule has 0 fully saturated rings. The van der Waals surface area contributed by atoms with Gasteiger partial charge in [0, 0.05) is 17.2 Å². The number of non-ortho nitro benzene ring substituents is 1. The number of nitrogens with zero attached hydrogens (tertiary/aromatic N) is 2. The number of hydrogen-bond donors (Lipinski definition) is 1. The molecule has 0 heterocycles. The molecule has 0 aliphatic heterocycles. The molecule has 0 aromatic heterocycles. The molecule has 0 spiro atoms. The molecule has 2 rings (SSSR count). The van der Waals surface area contributed by atoms with Crippen LogP contribution in [-0.2, 0) is 4.79 Å². The van der Waals surface area contributed by atoms with Crippen LogP contribution in [0.25, 0.3) is 0 Å². The van der Waals surface area contributed by atoms with Gasteiger partial charge in [0.1, 0.15) is 5.75 Å². The van der Waals surface area contributed by atoms with Crippen LogP contribution in [0.2, 0.25) is 5.02 Å². The molecule has 2 aromatic carbocycles. The smallest absolute Gasteiger partial charge is 0.277 e. The highest BCUT2D eigenvalue weighted by Crippen LogP contribution is 2.16. The maximum atomic E-state index is 11.6. The number of rotatable bonds is 6. The van der Waals surface area contributed by atoms with E-state index in [-0.39, 0.29) is 12.3 Å². The predicted octanol–water partition coefficient (Wildman–Crippen LogP) is 2.78. The number of nitrogens with one attached hydrogen (secondary N) is 1. The Morgan fingerprint density at radius 1 is 1.30 bits per heavy atom. The Labute approximate surface area is 136 Å². The van der Waals surface area contributed by atoms with Gasteiger partial charge in [-0.1, -0.05) is 17.7 Å². The van der Waals surface area contributed by atoms with Crippen molar-refractivity contribution in [1.82, 2.24) is 5.43 Å². The average molecular weight is 334 g/mol. The Morgan fingerprint density at radius 2 is 2.04 bits per heavy atom. The highest BCUT2D eigenvalue weighted by atomic mass is 35.5. The lowest BCUT2D eigenvalue weighted by atomic mass is 10.2. The van der Waals surface area contributed by atoms with E-state index in [0.29, 0.717) is 16.3 Å². The van der Waals surface area contributed by atoms with Crippen LogP contribution in [-0.4, -0.2) is 23.7 Å². The van der Waals surface area contributed by atoms with E-state index in [1.807, 2.05) is 0 Å². The summed E-state index contributed by atoms with van der Waals surface area (Å²) in [5.74, 6) is 0.0372. The molecule has 0 bridgehead atoms. The number of ether oxygens (including phenoxy) is 1. The molecule has 7 nitrogen and oxygen atoms in total. The average Bonchev–Trinajstić information content (AvgIpc) is 2.53. The summed E-state index contributed by atoms with van der Waals surface area (Å²) in [6, 6.07) is 12.4. The quantitative estimate of drug-likeness (QED) is 0.499. The van der Waals surface area contributed by atoms with Crippen LogP contribution >= 0.6 is 11.6 Å². The van der Waals surface area contributed by atoms with Crippen molar-refractivity contribution in [3.63, 3.8) is 0 Å². The third kappa shape index (κ3) is 5.40. The number of benzene rings is 2. The predicted molar refractivity (Wildman–Crippen MR) is 85.8 cm³/mol. The van der Waals surface area contributed by atoms with Crippen molar-refractivity contribution < 1.29 is 14.5 Å². The van der Waals surface area contributed by atoms with Crippen LogP contribution in [0.4, 0.5) is 5.69 Å². The molecule has 0 saturated heterocycles. The van der Waals surface area contributed by atoms with Gasteiger partial charge in [0.15, 0.2) is 6.61 Å². The highest BCUT2D eigenvalue weighted by Gasteiger charge is 2.03. The Kier molecular flexibility index (Phi) is 5.65. The summed E-state index contributed by atoms with van der Waals surface area (Å²) in [5, 5.41) is 14.8. The fourth-order valence-corrected chi connectivity index (χ4v) is 1.78. The fraction of sp³-hybridized carbons (Fsp3) is 0.0667. The number of nitro benzene ring substituents is 1. The number of carbonyl (C=O) groups is 1. The van der Waals surface area contributed by atoms with Gasteiger partial charge < -0.3 is 4.74 Å². The number of amides is 1. The molecule has 0 radical (unpaired) electrons. The van der Waals surface area contributed by atoms with Crippen LogP contribution in [0.15, 0.2) is 53.6 Å². The van der Waals surface area contributed by atoms with Gasteiger partial charge in [-0.3, -0.25) is 14.9 Å². The molecule has 23 heavy (non-hydrogen) atoms. The maximum Gasteiger partial charge on any atom is 0.277 e. The van der Waals surface area contributed by atoms with Crippen molar-refractivity contribution >= 4 is 29.4 Å². The second-order valence-electron chi connectivity index (χ2n) is 4.39. The number of carbonyl (C=O) groups excluding carboxylic acids is 1. The number of hydrogen-bond acceptors (Lipinski definition) is 5. The second kappa shape index (κ2) is 7.90. The molecule has 118 valence electrons. The van der Waals surface area contributed by atoms with Crippen LogP contribution in [0, 0.1) is 10.1 Å². The van der Waals surface area contributed by atoms with E-state index >= 15 is 0 Å². The SMILES string of the molecule is O=C(COc1cccc(Cl)c1)N/N=C/c1ccc([N+](=O)[O-])cc1. The van der Waals surface area contributed by atoms with Crippen LogP contribution < -0.4 is 10.2 Å². The molecule has 0 aliphatic carbocycles. The van der Waals surface area contributed by atoms with Gasteiger partial charge in [0.05, 0.1) is 11.1 Å². The normalized spacial score (nSPS) is 10.5. The van der Waals surface area contributed by atoms with Crippen molar-refractivity contribution in [2.75, 3.05) is 6.61 Å². The van der Waals surface area contributed by atoms with Gasteiger partial charge in [-0.2, -0.15) is 5.10 Å². The Morgan fingerprint density at radius 3 is 2.70 bits per heavy atom. The Bertz CT molecular complexity index is 732. The van der Waals surface area contributed by atoms with Crippen LogP contribution in [0.1, 0.15) is 5.56 Å². The number of nitro groups is 1. The van der Waals surface area contributed by atoms with E-state index in [1.54, 1.807) is 24.3 Å². The summed E-state index contributed by atoms with van der Waals surface area (Å²) in [4.78, 5) is 21.6. The van der Waals surface area contributed by atoms with Gasteiger partial charge in [-0.15, -0.1) is 0 Å². The first-order valence-corrected chi connectivity index (χ1v) is 6.87. The first kappa shape index (κ1) is 16.4. The topological polar surface area (TPSA) is 93.8 Å². The summed E-state index contributed by atoms with van der Waals surface area (Å²) in [7, 11) is 0. The van der Waals surface area contributed by atoms with E-state index in [1.165, 1.54) is 30.5 Å². The summed E-state index contributed by atoms with van der Waals surface area (Å²) in [6.45, 7) is -0.210. The van der Waals surface area contributed by atoms with Gasteiger partial charge in [0.25, 0.3) is 11.6 Å². The third-order valence-corrected chi connectivity index (χ3v) is 2.91. The molecule has 2 aromatic rings. The van der Waals surface area contributed by atoms with Crippen molar-refractivity contribution in [2.45, 2.75) is 0 Å². The minimum absolute atomic E-state index is 0.0129. The largest absolute Gasteiger partial charge is 0.484 e. The van der Waals surface area contributed by atoms with E-state index < -0.39 is 10.8 Å². The summed E-state index contributed by atoms with van der Waals surface area (Å²) in [6.07, 6.45) is 1.38. The minimum Gasteiger partial charge on any atom is -0.484 e. The highest BCUT2D eigenvalue weighted by molar-refractivity contribution is 6.30. The molecule has 0 aliphatic rings. The van der Waals surface area contributed by atoms with Gasteiger partial charge in [0.2, 0.25) is 0 Å². The fourth-order valence-electron chi connectivity index (χ4n) is 1.60. The second-order valence-corrected chi connectivity index (χ2v) is 4.82. The Hall–Kier alpha value is -2.93. The van der Waals surface area contributed by atoms with E-state index in [0.717, 1.165) is 0 Å². The van der Waals surface area contributed by atoms with Gasteiger partial charge in [-0.05, 0) is 35.9 Å². The van der Waals surface area contributed by atoms with Crippen molar-refractivity contribution in [2.24, 2.45) is 5.10 Å². The zero-order chi connectivity index (χ0) is 16.7. The number of halogens is 1. The summed E-state index contributed by atoms with van der Waals surface area (Å²) >= 11 is 5.80. The lowest BCUT2D eigenvalue weighted by Crippen LogP contribution is -2.24. The molecule has 0 atom stereocenters. The standard InChI is InChI=1S/C15H12ClN3O4/c16-12-2-1-3-14(8-12)23-10-15(20)18-17-9-11-4-6-13(7-5-11)19(21)22/h1-9H,10H2,(H,18,20)/b17-9+. The summed E-state index contributed by atoms with van der Waals surface area (Å²) in [5.41, 5.74) is 2.90. The van der Waals surface area contributed by atoms with E-state index in [2.05, 4.69) is 10.5 Å². The molecule has 1 amide bonds. The molecular formula is C15H12ClN3O4. The first-order chi connectivity index (χ1) is 11.0. The Balaban J connectivity index is 1.80. The first-order valence-electron chi connectivity index (χ1n) is 6.49. The summed E-state index contributed by atoms with van der Waals surface area (Å²) < 4.78 is 5.25. The zero-order valence-corrected chi connectivity index (χ0v) is 12.6. The molecule has 1 N–H and O–H groups in total. The monoisotopic (exact) mass is 333 g/mol. The van der Waals surface area contributed by atoms with Crippen molar-refractivity contribution in [1.29, 1.82) is 0 Å². The van der Waals surface area contributed by atoms with E-state index in [9.17, 15) is 14.9 Å². The lowest BCUT2D eigenvalue weighted by molar-refractivity contribution is -0.384. The minimum atomic E-state index is -0.490. The third-order valence-electron chi connectivity index (χ3n) is 2.67. The number of hydrazone groups is 1. The molecule has 0 unspecified atom stereocenters. The zero-order valence-electron chi connectivity index (χ0n) is 11.8. The van der Waals surface area contributed by atoms with Gasteiger partial charge >= 0.3 is 0 Å². The molecular weight excluding hydrogens is 322 g/mol. The van der Waals surface area contributed by atoms with E-state index in [4.69, 9.17) is 16.3 Å². The van der Waals surface area contributed by atoms with Crippen LogP contribution in [0.3, 0.4) is 0 Å². The van der Waals surface area contributed by atoms with Crippen molar-refractivity contribution in [3.8, 4) is 5.75 Å². The molecule has 0 saturated carbocycles. The van der Waals surface area contributed by atoms with Crippen LogP contribution in [0.5, 0.6) is 5.75 Å². The maximum absolute atomic E-state index is 11.6.